The molecule has 132 valence electrons. The second-order valence-electron chi connectivity index (χ2n) is 7.31. The highest BCUT2D eigenvalue weighted by Gasteiger charge is 2.31. The molecule has 4 rings (SSSR count). The van der Waals surface area contributed by atoms with E-state index < -0.39 is 0 Å². The van der Waals surface area contributed by atoms with Crippen LogP contribution in [0.2, 0.25) is 0 Å². The number of nitrogens with zero attached hydrogens (tertiary/aromatic N) is 3. The van der Waals surface area contributed by atoms with Crippen LogP contribution in [0.3, 0.4) is 0 Å². The van der Waals surface area contributed by atoms with Crippen LogP contribution in [0.4, 0.5) is 4.39 Å². The van der Waals surface area contributed by atoms with Gasteiger partial charge in [0.25, 0.3) is 5.91 Å². The third kappa shape index (κ3) is 3.25. The average molecular weight is 341 g/mol. The molecule has 0 N–H and O–H groups in total. The van der Waals surface area contributed by atoms with Crippen molar-refractivity contribution in [3.63, 3.8) is 0 Å². The van der Waals surface area contributed by atoms with Crippen LogP contribution in [0, 0.1) is 5.82 Å². The van der Waals surface area contributed by atoms with Crippen molar-refractivity contribution in [2.45, 2.75) is 44.7 Å². The van der Waals surface area contributed by atoms with Crippen LogP contribution in [0.25, 0.3) is 10.9 Å². The average Bonchev–Trinajstić information content (AvgIpc) is 3.06. The number of amides is 1. The molecule has 2 saturated heterocycles. The number of halogens is 1. The van der Waals surface area contributed by atoms with E-state index in [1.807, 2.05) is 4.90 Å². The van der Waals surface area contributed by atoms with E-state index in [0.717, 1.165) is 25.9 Å². The van der Waals surface area contributed by atoms with Gasteiger partial charge >= 0.3 is 0 Å². The zero-order valence-corrected chi connectivity index (χ0v) is 14.6. The minimum absolute atomic E-state index is 0.00609. The van der Waals surface area contributed by atoms with Crippen LogP contribution in [-0.2, 0) is 0 Å². The molecule has 25 heavy (non-hydrogen) atoms. The fraction of sp³-hybridized carbons (Fsp3) is 0.500. The molecule has 2 fully saturated rings. The number of rotatable bonds is 2. The van der Waals surface area contributed by atoms with Crippen molar-refractivity contribution in [1.82, 2.24) is 14.8 Å². The molecule has 2 aromatic rings. The Morgan fingerprint density at radius 1 is 1.16 bits per heavy atom. The molecule has 3 heterocycles. The lowest BCUT2D eigenvalue weighted by Crippen LogP contribution is -2.47. The first-order chi connectivity index (χ1) is 12.1. The summed E-state index contributed by atoms with van der Waals surface area (Å²) in [6, 6.07) is 7.49. The summed E-state index contributed by atoms with van der Waals surface area (Å²) in [5, 5.41) is 0.673. The summed E-state index contributed by atoms with van der Waals surface area (Å²) < 4.78 is 13.4. The fourth-order valence-corrected chi connectivity index (χ4v) is 4.30. The van der Waals surface area contributed by atoms with E-state index in [4.69, 9.17) is 0 Å². The van der Waals surface area contributed by atoms with Crippen molar-refractivity contribution in [3.05, 3.63) is 41.8 Å². The van der Waals surface area contributed by atoms with Gasteiger partial charge in [-0.3, -0.25) is 14.7 Å². The Kier molecular flexibility index (Phi) is 4.42. The van der Waals surface area contributed by atoms with Crippen LogP contribution in [0.5, 0.6) is 0 Å². The van der Waals surface area contributed by atoms with Crippen molar-refractivity contribution >= 4 is 16.8 Å². The summed E-state index contributed by atoms with van der Waals surface area (Å²) >= 11 is 0. The number of likely N-dealkylation sites (tertiary alicyclic amines) is 2. The molecular formula is C20H24FN3O. The number of benzene rings is 1. The Morgan fingerprint density at radius 3 is 2.68 bits per heavy atom. The number of piperidine rings is 1. The second-order valence-corrected chi connectivity index (χ2v) is 7.31. The topological polar surface area (TPSA) is 36.4 Å². The second kappa shape index (κ2) is 6.71. The number of carbonyl (C=O) groups excluding carboxylic acids is 1. The van der Waals surface area contributed by atoms with E-state index in [0.29, 0.717) is 28.6 Å². The van der Waals surface area contributed by atoms with Gasteiger partial charge in [0.2, 0.25) is 0 Å². The first-order valence-electron chi connectivity index (χ1n) is 9.22. The highest BCUT2D eigenvalue weighted by Crippen LogP contribution is 2.26. The molecule has 2 aliphatic heterocycles. The SMILES string of the molecule is CC1CCCN1C1CCN(C(=O)c2cnc3ccc(F)cc3c2)CC1. The molecule has 1 aromatic heterocycles. The Morgan fingerprint density at radius 2 is 1.96 bits per heavy atom. The lowest BCUT2D eigenvalue weighted by atomic mass is 10.0. The van der Waals surface area contributed by atoms with Gasteiger partial charge < -0.3 is 4.90 Å². The molecule has 5 heteroatoms. The number of carbonyl (C=O) groups is 1. The van der Waals surface area contributed by atoms with E-state index >= 15 is 0 Å². The third-order valence-corrected chi connectivity index (χ3v) is 5.72. The van der Waals surface area contributed by atoms with E-state index in [1.165, 1.54) is 31.5 Å². The lowest BCUT2D eigenvalue weighted by molar-refractivity contribution is 0.0611. The van der Waals surface area contributed by atoms with Gasteiger partial charge in [-0.05, 0) is 63.4 Å². The molecule has 1 aromatic carbocycles. The smallest absolute Gasteiger partial charge is 0.255 e. The van der Waals surface area contributed by atoms with Gasteiger partial charge in [-0.15, -0.1) is 0 Å². The Hall–Kier alpha value is -2.01. The highest BCUT2D eigenvalue weighted by molar-refractivity contribution is 5.97. The summed E-state index contributed by atoms with van der Waals surface area (Å²) in [7, 11) is 0. The predicted octanol–water partition coefficient (Wildman–Crippen LogP) is 3.46. The number of pyridine rings is 1. The first kappa shape index (κ1) is 16.5. The maximum Gasteiger partial charge on any atom is 0.255 e. The lowest BCUT2D eigenvalue weighted by Gasteiger charge is -2.38. The Labute approximate surface area is 147 Å². The molecule has 1 unspecified atom stereocenters. The van der Waals surface area contributed by atoms with Crippen molar-refractivity contribution in [1.29, 1.82) is 0 Å². The molecule has 0 aliphatic carbocycles. The molecule has 0 saturated carbocycles. The van der Waals surface area contributed by atoms with Gasteiger partial charge in [0.1, 0.15) is 5.82 Å². The molecule has 1 amide bonds. The quantitative estimate of drug-likeness (QED) is 0.839. The predicted molar refractivity (Wildman–Crippen MR) is 96.0 cm³/mol. The molecule has 0 bridgehead atoms. The van der Waals surface area contributed by atoms with Gasteiger partial charge in [0.15, 0.2) is 0 Å². The van der Waals surface area contributed by atoms with E-state index in [1.54, 1.807) is 18.3 Å². The number of fused-ring (bicyclic) bond motifs is 1. The van der Waals surface area contributed by atoms with Crippen molar-refractivity contribution in [2.75, 3.05) is 19.6 Å². The van der Waals surface area contributed by atoms with Gasteiger partial charge in [-0.2, -0.15) is 0 Å². The standard InChI is InChI=1S/C20H24FN3O/c1-14-3-2-8-24(14)18-6-9-23(10-7-18)20(25)16-11-15-12-17(21)4-5-19(15)22-13-16/h4-5,11-14,18H,2-3,6-10H2,1H3. The summed E-state index contributed by atoms with van der Waals surface area (Å²) in [4.78, 5) is 21.6. The third-order valence-electron chi connectivity index (χ3n) is 5.72. The maximum atomic E-state index is 13.4. The normalized spacial score (nSPS) is 22.6. The van der Waals surface area contributed by atoms with Gasteiger partial charge in [-0.25, -0.2) is 4.39 Å². The molecule has 4 nitrogen and oxygen atoms in total. The summed E-state index contributed by atoms with van der Waals surface area (Å²) in [6.07, 6.45) is 6.26. The van der Waals surface area contributed by atoms with Crippen molar-refractivity contribution in [3.8, 4) is 0 Å². The van der Waals surface area contributed by atoms with E-state index in [2.05, 4.69) is 16.8 Å². The summed E-state index contributed by atoms with van der Waals surface area (Å²) in [5.74, 6) is -0.300. The highest BCUT2D eigenvalue weighted by atomic mass is 19.1. The van der Waals surface area contributed by atoms with Crippen LogP contribution < -0.4 is 0 Å². The van der Waals surface area contributed by atoms with Gasteiger partial charge in [-0.1, -0.05) is 0 Å². The molecular weight excluding hydrogens is 317 g/mol. The van der Waals surface area contributed by atoms with Crippen molar-refractivity contribution < 1.29 is 9.18 Å². The Bertz CT molecular complexity index is 786. The zero-order chi connectivity index (χ0) is 17.4. The van der Waals surface area contributed by atoms with Crippen LogP contribution in [0.1, 0.15) is 43.0 Å². The van der Waals surface area contributed by atoms with Crippen molar-refractivity contribution in [2.24, 2.45) is 0 Å². The fourth-order valence-electron chi connectivity index (χ4n) is 4.30. The minimum atomic E-state index is -0.306. The van der Waals surface area contributed by atoms with Gasteiger partial charge in [0, 0.05) is 36.8 Å². The molecule has 2 aliphatic rings. The Balaban J connectivity index is 1.45. The van der Waals surface area contributed by atoms with Crippen LogP contribution >= 0.6 is 0 Å². The molecule has 1 atom stereocenters. The van der Waals surface area contributed by atoms with Crippen LogP contribution in [-0.4, -0.2) is 52.4 Å². The summed E-state index contributed by atoms with van der Waals surface area (Å²) in [6.45, 7) is 5.08. The van der Waals surface area contributed by atoms with Crippen LogP contribution in [0.15, 0.2) is 30.5 Å². The largest absolute Gasteiger partial charge is 0.338 e. The monoisotopic (exact) mass is 341 g/mol. The first-order valence-corrected chi connectivity index (χ1v) is 9.22. The minimum Gasteiger partial charge on any atom is -0.338 e. The summed E-state index contributed by atoms with van der Waals surface area (Å²) in [5.41, 5.74) is 1.26. The van der Waals surface area contributed by atoms with Gasteiger partial charge in [0.05, 0.1) is 11.1 Å². The van der Waals surface area contributed by atoms with E-state index in [9.17, 15) is 9.18 Å². The zero-order valence-electron chi connectivity index (χ0n) is 14.6. The molecule has 0 radical (unpaired) electrons. The number of aromatic nitrogens is 1. The number of hydrogen-bond donors (Lipinski definition) is 0. The molecule has 0 spiro atoms. The number of hydrogen-bond acceptors (Lipinski definition) is 3. The maximum absolute atomic E-state index is 13.4. The van der Waals surface area contributed by atoms with E-state index in [-0.39, 0.29) is 11.7 Å².